The summed E-state index contributed by atoms with van der Waals surface area (Å²) >= 11 is 0. The molecule has 8 heteroatoms. The van der Waals surface area contributed by atoms with E-state index in [1.165, 1.54) is 40.7 Å². The largest absolute Gasteiger partial charge is 0.434 e. The number of benzene rings is 1. The number of aryl methyl sites for hydroxylation is 1. The average molecular weight is 423 g/mol. The molecule has 5 nitrogen and oxygen atoms in total. The van der Waals surface area contributed by atoms with Gasteiger partial charge in [-0.15, -0.1) is 0 Å². The molecular weight excluding hydrogens is 403 g/mol. The third-order valence-corrected chi connectivity index (χ3v) is 5.62. The summed E-state index contributed by atoms with van der Waals surface area (Å²) in [6.07, 6.45) is 0.718. The zero-order chi connectivity index (χ0) is 21.6. The van der Waals surface area contributed by atoms with Crippen LogP contribution in [0.1, 0.15) is 24.1 Å². The van der Waals surface area contributed by atoms with Crippen molar-refractivity contribution in [2.75, 3.05) is 18.0 Å². The molecule has 0 saturated carbocycles. The van der Waals surface area contributed by atoms with Gasteiger partial charge in [0.2, 0.25) is 0 Å². The van der Waals surface area contributed by atoms with Crippen molar-refractivity contribution in [2.24, 2.45) is 0 Å². The summed E-state index contributed by atoms with van der Waals surface area (Å²) in [7, 11) is 0. The Kier molecular flexibility index (Phi) is 4.64. The van der Waals surface area contributed by atoms with Crippen LogP contribution in [0.2, 0.25) is 0 Å². The molecule has 158 valence electrons. The first kappa shape index (κ1) is 19.5. The molecular formula is C23H20F3N5. The Labute approximate surface area is 177 Å². The molecule has 0 bridgehead atoms. The molecule has 0 radical (unpaired) electrons. The van der Waals surface area contributed by atoms with Gasteiger partial charge in [0, 0.05) is 36.1 Å². The topological polar surface area (TPSA) is 46.3 Å². The van der Waals surface area contributed by atoms with Gasteiger partial charge in [-0.1, -0.05) is 12.1 Å². The van der Waals surface area contributed by atoms with Crippen molar-refractivity contribution in [3.8, 4) is 22.5 Å². The highest BCUT2D eigenvalue weighted by Crippen LogP contribution is 2.35. The second-order valence-electron chi connectivity index (χ2n) is 7.74. The molecule has 0 unspecified atom stereocenters. The second kappa shape index (κ2) is 7.37. The van der Waals surface area contributed by atoms with E-state index in [1.807, 2.05) is 6.07 Å². The molecule has 1 aliphatic heterocycles. The van der Waals surface area contributed by atoms with Crippen LogP contribution in [0.15, 0.2) is 54.9 Å². The number of rotatable bonds is 3. The van der Waals surface area contributed by atoms with Crippen LogP contribution in [0.25, 0.3) is 28.2 Å². The van der Waals surface area contributed by atoms with E-state index in [1.54, 1.807) is 18.3 Å². The number of imidazole rings is 1. The van der Waals surface area contributed by atoms with Gasteiger partial charge in [0.25, 0.3) is 0 Å². The van der Waals surface area contributed by atoms with Gasteiger partial charge in [-0.05, 0) is 55.7 Å². The lowest BCUT2D eigenvalue weighted by Gasteiger charge is -2.20. The van der Waals surface area contributed by atoms with E-state index in [4.69, 9.17) is 0 Å². The maximum atomic E-state index is 13.4. The Balaban J connectivity index is 1.55. The van der Waals surface area contributed by atoms with Crippen molar-refractivity contribution >= 4 is 11.3 Å². The first-order chi connectivity index (χ1) is 14.9. The van der Waals surface area contributed by atoms with Gasteiger partial charge in [-0.3, -0.25) is 4.98 Å². The maximum Gasteiger partial charge on any atom is 0.434 e. The fourth-order valence-electron chi connectivity index (χ4n) is 4.07. The van der Waals surface area contributed by atoms with Crippen LogP contribution in [0.5, 0.6) is 0 Å². The predicted octanol–water partition coefficient (Wildman–Crippen LogP) is 5.39. The van der Waals surface area contributed by atoms with Crippen LogP contribution in [-0.4, -0.2) is 32.7 Å². The lowest BCUT2D eigenvalue weighted by molar-refractivity contribution is -0.140. The van der Waals surface area contributed by atoms with Crippen molar-refractivity contribution in [1.29, 1.82) is 0 Å². The van der Waals surface area contributed by atoms with E-state index in [0.29, 0.717) is 5.65 Å². The number of alkyl halides is 3. The van der Waals surface area contributed by atoms with Crippen molar-refractivity contribution in [2.45, 2.75) is 25.9 Å². The molecule has 4 heterocycles. The highest BCUT2D eigenvalue weighted by Gasteiger charge is 2.35. The molecule has 0 spiro atoms. The van der Waals surface area contributed by atoms with E-state index in [-0.39, 0.29) is 11.3 Å². The number of anilines is 1. The zero-order valence-corrected chi connectivity index (χ0v) is 16.9. The second-order valence-corrected chi connectivity index (χ2v) is 7.74. The van der Waals surface area contributed by atoms with Crippen LogP contribution in [0.4, 0.5) is 18.9 Å². The molecule has 4 aromatic rings. The smallest absolute Gasteiger partial charge is 0.371 e. The normalized spacial score (nSPS) is 14.5. The minimum atomic E-state index is -4.55. The molecule has 31 heavy (non-hydrogen) atoms. The Morgan fingerprint density at radius 3 is 2.55 bits per heavy atom. The van der Waals surface area contributed by atoms with Gasteiger partial charge in [-0.2, -0.15) is 18.3 Å². The highest BCUT2D eigenvalue weighted by molar-refractivity contribution is 5.70. The fourth-order valence-corrected chi connectivity index (χ4v) is 4.07. The van der Waals surface area contributed by atoms with Gasteiger partial charge in [0.15, 0.2) is 11.3 Å². The monoisotopic (exact) mass is 423 g/mol. The van der Waals surface area contributed by atoms with Gasteiger partial charge in [-0.25, -0.2) is 9.50 Å². The van der Waals surface area contributed by atoms with Crippen molar-refractivity contribution < 1.29 is 13.2 Å². The third-order valence-electron chi connectivity index (χ3n) is 5.62. The average Bonchev–Trinajstić information content (AvgIpc) is 3.43. The highest BCUT2D eigenvalue weighted by atomic mass is 19.4. The van der Waals surface area contributed by atoms with Crippen LogP contribution >= 0.6 is 0 Å². The van der Waals surface area contributed by atoms with Crippen LogP contribution in [0, 0.1) is 6.92 Å². The summed E-state index contributed by atoms with van der Waals surface area (Å²) in [4.78, 5) is 10.5. The summed E-state index contributed by atoms with van der Waals surface area (Å²) in [6, 6.07) is 12.3. The van der Waals surface area contributed by atoms with Crippen molar-refractivity contribution in [3.63, 3.8) is 0 Å². The quantitative estimate of drug-likeness (QED) is 0.444. The molecule has 1 saturated heterocycles. The summed E-state index contributed by atoms with van der Waals surface area (Å²) in [5, 5.41) is 4.39. The number of hydrogen-bond donors (Lipinski definition) is 0. The zero-order valence-electron chi connectivity index (χ0n) is 16.9. The number of nitrogens with zero attached hydrogens (tertiary/aromatic N) is 5. The van der Waals surface area contributed by atoms with E-state index in [9.17, 15) is 13.2 Å². The van der Waals surface area contributed by atoms with Gasteiger partial charge < -0.3 is 4.90 Å². The summed E-state index contributed by atoms with van der Waals surface area (Å²) in [6.45, 7) is 4.20. The Bertz CT molecular complexity index is 1260. The van der Waals surface area contributed by atoms with E-state index >= 15 is 0 Å². The van der Waals surface area contributed by atoms with E-state index in [0.717, 1.165) is 30.5 Å². The minimum Gasteiger partial charge on any atom is -0.371 e. The molecule has 0 amide bonds. The van der Waals surface area contributed by atoms with E-state index < -0.39 is 11.9 Å². The minimum absolute atomic E-state index is 0.0567. The number of halogens is 3. The Hall–Kier alpha value is -3.42. The Morgan fingerprint density at radius 2 is 1.77 bits per heavy atom. The molecule has 1 aromatic carbocycles. The SMILES string of the molecule is Cc1ccc(-c2cn3nc(-c4cccnc4C(F)(F)F)ccc3n2)cc1N1CCCC1. The maximum absolute atomic E-state index is 13.4. The first-order valence-corrected chi connectivity index (χ1v) is 10.2. The standard InChI is InChI=1S/C23H20F3N5/c1-15-6-7-16(13-20(15)30-11-2-3-12-30)19-14-31-21(28-19)9-8-18(29-31)17-5-4-10-27-22(17)23(24,25)26/h4-10,13-14H,2-3,11-12H2,1H3. The molecule has 5 rings (SSSR count). The number of aromatic nitrogens is 4. The van der Waals surface area contributed by atoms with Crippen molar-refractivity contribution in [1.82, 2.24) is 19.6 Å². The Morgan fingerprint density at radius 1 is 0.968 bits per heavy atom. The summed E-state index contributed by atoms with van der Waals surface area (Å²) in [5.41, 5.74) is 3.86. The van der Waals surface area contributed by atoms with Crippen molar-refractivity contribution in [3.05, 3.63) is 66.1 Å². The molecule has 0 atom stereocenters. The van der Waals surface area contributed by atoms with E-state index in [2.05, 4.69) is 39.0 Å². The van der Waals surface area contributed by atoms with Gasteiger partial charge >= 0.3 is 6.18 Å². The van der Waals surface area contributed by atoms with Crippen LogP contribution in [0.3, 0.4) is 0 Å². The molecule has 0 aliphatic carbocycles. The number of hydrogen-bond acceptors (Lipinski definition) is 4. The summed E-state index contributed by atoms with van der Waals surface area (Å²) in [5.74, 6) is 0. The van der Waals surface area contributed by atoms with Gasteiger partial charge in [0.1, 0.15) is 0 Å². The third kappa shape index (κ3) is 3.62. The first-order valence-electron chi connectivity index (χ1n) is 10.2. The molecule has 1 fully saturated rings. The lowest BCUT2D eigenvalue weighted by atomic mass is 10.1. The van der Waals surface area contributed by atoms with Crippen LogP contribution < -0.4 is 4.90 Å². The number of fused-ring (bicyclic) bond motifs is 1. The predicted molar refractivity (Wildman–Crippen MR) is 113 cm³/mol. The summed E-state index contributed by atoms with van der Waals surface area (Å²) < 4.78 is 41.6. The fraction of sp³-hybridized carbons (Fsp3) is 0.261. The molecule has 3 aromatic heterocycles. The number of pyridine rings is 1. The van der Waals surface area contributed by atoms with Gasteiger partial charge in [0.05, 0.1) is 17.6 Å². The van der Waals surface area contributed by atoms with Crippen LogP contribution in [-0.2, 0) is 6.18 Å². The lowest BCUT2D eigenvalue weighted by Crippen LogP contribution is -2.18. The molecule has 0 N–H and O–H groups in total. The molecule has 1 aliphatic rings.